The van der Waals surface area contributed by atoms with Gasteiger partial charge < -0.3 is 4.74 Å². The van der Waals surface area contributed by atoms with Crippen molar-refractivity contribution in [1.29, 1.82) is 0 Å². The molecule has 5 nitrogen and oxygen atoms in total. The topological polar surface area (TPSA) is 72.5 Å². The average molecular weight is 339 g/mol. The van der Waals surface area contributed by atoms with Gasteiger partial charge in [0.15, 0.2) is 0 Å². The number of nitrogens with one attached hydrogen (secondary N) is 1. The van der Waals surface area contributed by atoms with Crippen LogP contribution < -0.4 is 10.1 Å². The van der Waals surface area contributed by atoms with Crippen molar-refractivity contribution < 1.29 is 19.1 Å². The lowest BCUT2D eigenvalue weighted by Gasteiger charge is -2.05. The zero-order valence-electron chi connectivity index (χ0n) is 12.7. The van der Waals surface area contributed by atoms with Crippen molar-refractivity contribution in [1.82, 2.24) is 5.32 Å². The summed E-state index contributed by atoms with van der Waals surface area (Å²) in [5, 5.41) is 1.82. The standard InChI is InChI=1S/C18H13NO4S/c1-11-3-2-4-13(9-11)17(21)23-14-7-5-12(6-8-14)10-15-16(20)19-18(22)24-15/h2-10H,1H3,(H,19,20,22). The molecule has 0 atom stereocenters. The number of rotatable bonds is 3. The number of benzene rings is 2. The first-order valence-electron chi connectivity index (χ1n) is 7.15. The summed E-state index contributed by atoms with van der Waals surface area (Å²) < 4.78 is 5.32. The van der Waals surface area contributed by atoms with Gasteiger partial charge in [-0.05, 0) is 54.6 Å². The van der Waals surface area contributed by atoms with E-state index in [-0.39, 0.29) is 5.24 Å². The van der Waals surface area contributed by atoms with Crippen molar-refractivity contribution in [2.24, 2.45) is 0 Å². The molecule has 6 heteroatoms. The molecule has 0 bridgehead atoms. The molecule has 1 aliphatic rings. The molecule has 24 heavy (non-hydrogen) atoms. The average Bonchev–Trinajstić information content (AvgIpc) is 2.87. The number of hydrogen-bond acceptors (Lipinski definition) is 5. The molecule has 120 valence electrons. The zero-order valence-corrected chi connectivity index (χ0v) is 13.6. The van der Waals surface area contributed by atoms with E-state index in [1.807, 2.05) is 13.0 Å². The van der Waals surface area contributed by atoms with Crippen LogP contribution in [0.4, 0.5) is 4.79 Å². The summed E-state index contributed by atoms with van der Waals surface area (Å²) in [7, 11) is 0. The lowest BCUT2D eigenvalue weighted by atomic mass is 10.1. The fourth-order valence-electron chi connectivity index (χ4n) is 2.14. The van der Waals surface area contributed by atoms with Gasteiger partial charge in [0.1, 0.15) is 5.75 Å². The summed E-state index contributed by atoms with van der Waals surface area (Å²) in [6.07, 6.45) is 1.61. The number of amides is 2. The van der Waals surface area contributed by atoms with Crippen molar-refractivity contribution in [3.05, 3.63) is 70.1 Å². The summed E-state index contributed by atoms with van der Waals surface area (Å²) in [4.78, 5) is 35.0. The Labute approximate surface area is 142 Å². The maximum absolute atomic E-state index is 12.1. The Morgan fingerprint density at radius 3 is 2.50 bits per heavy atom. The molecule has 0 aromatic heterocycles. The smallest absolute Gasteiger partial charge is 0.343 e. The third-order valence-corrected chi connectivity index (χ3v) is 4.09. The third-order valence-electron chi connectivity index (χ3n) is 3.28. The molecule has 0 aliphatic carbocycles. The van der Waals surface area contributed by atoms with Crippen LogP contribution in [-0.2, 0) is 4.79 Å². The first-order chi connectivity index (χ1) is 11.5. The minimum atomic E-state index is -0.430. The van der Waals surface area contributed by atoms with Crippen molar-refractivity contribution in [2.75, 3.05) is 0 Å². The monoisotopic (exact) mass is 339 g/mol. The Hall–Kier alpha value is -2.86. The summed E-state index contributed by atoms with van der Waals surface area (Å²) in [5.41, 5.74) is 2.20. The Bertz CT molecular complexity index is 856. The first kappa shape index (κ1) is 16.0. The van der Waals surface area contributed by atoms with E-state index >= 15 is 0 Å². The summed E-state index contributed by atoms with van der Waals surface area (Å²) >= 11 is 0.858. The van der Waals surface area contributed by atoms with E-state index in [2.05, 4.69) is 5.32 Å². The number of ether oxygens (including phenoxy) is 1. The Morgan fingerprint density at radius 2 is 1.88 bits per heavy atom. The largest absolute Gasteiger partial charge is 0.423 e. The van der Waals surface area contributed by atoms with Crippen molar-refractivity contribution >= 4 is 35.0 Å². The minimum absolute atomic E-state index is 0.338. The zero-order chi connectivity index (χ0) is 17.1. The van der Waals surface area contributed by atoms with Gasteiger partial charge in [-0.2, -0.15) is 0 Å². The highest BCUT2D eigenvalue weighted by Crippen LogP contribution is 2.26. The highest BCUT2D eigenvalue weighted by atomic mass is 32.2. The van der Waals surface area contributed by atoms with Gasteiger partial charge in [-0.1, -0.05) is 29.8 Å². The fourth-order valence-corrected chi connectivity index (χ4v) is 2.82. The maximum atomic E-state index is 12.1. The lowest BCUT2D eigenvalue weighted by Crippen LogP contribution is -2.17. The van der Waals surface area contributed by atoms with Gasteiger partial charge in [-0.3, -0.25) is 14.9 Å². The van der Waals surface area contributed by atoms with Gasteiger partial charge in [-0.25, -0.2) is 4.79 Å². The number of carbonyl (C=O) groups is 3. The third kappa shape index (κ3) is 3.72. The second-order valence-electron chi connectivity index (χ2n) is 5.18. The Balaban J connectivity index is 1.71. The van der Waals surface area contributed by atoms with Crippen molar-refractivity contribution in [3.63, 3.8) is 0 Å². The molecule has 1 fully saturated rings. The molecule has 2 amide bonds. The minimum Gasteiger partial charge on any atom is -0.423 e. The molecule has 1 N–H and O–H groups in total. The van der Waals surface area contributed by atoms with Gasteiger partial charge in [0, 0.05) is 0 Å². The molecule has 1 heterocycles. The number of hydrogen-bond donors (Lipinski definition) is 1. The molecule has 3 rings (SSSR count). The van der Waals surface area contributed by atoms with Crippen LogP contribution in [0.5, 0.6) is 5.75 Å². The summed E-state index contributed by atoms with van der Waals surface area (Å²) in [5.74, 6) is -0.427. The molecule has 2 aromatic rings. The second kappa shape index (κ2) is 6.72. The number of imide groups is 1. The highest BCUT2D eigenvalue weighted by molar-refractivity contribution is 8.18. The van der Waals surface area contributed by atoms with E-state index in [1.165, 1.54) is 0 Å². The van der Waals surface area contributed by atoms with Gasteiger partial charge >= 0.3 is 5.97 Å². The molecule has 2 aromatic carbocycles. The predicted molar refractivity (Wildman–Crippen MR) is 91.7 cm³/mol. The number of carbonyl (C=O) groups excluding carboxylic acids is 3. The van der Waals surface area contributed by atoms with Crippen LogP contribution in [0.3, 0.4) is 0 Å². The molecular formula is C18H13NO4S. The normalized spacial score (nSPS) is 15.5. The molecule has 0 radical (unpaired) electrons. The Morgan fingerprint density at radius 1 is 1.12 bits per heavy atom. The molecule has 0 unspecified atom stereocenters. The molecule has 0 spiro atoms. The molecule has 0 saturated carbocycles. The summed E-state index contributed by atoms with van der Waals surface area (Å²) in [6, 6.07) is 13.9. The highest BCUT2D eigenvalue weighted by Gasteiger charge is 2.24. The van der Waals surface area contributed by atoms with Crippen LogP contribution in [0, 0.1) is 6.92 Å². The van der Waals surface area contributed by atoms with E-state index in [0.29, 0.717) is 16.2 Å². The maximum Gasteiger partial charge on any atom is 0.343 e. The van der Waals surface area contributed by atoms with Crippen LogP contribution in [0.1, 0.15) is 21.5 Å². The Kier molecular flexibility index (Phi) is 4.48. The van der Waals surface area contributed by atoms with Crippen LogP contribution >= 0.6 is 11.8 Å². The van der Waals surface area contributed by atoms with Crippen LogP contribution in [0.2, 0.25) is 0 Å². The fraction of sp³-hybridized carbons (Fsp3) is 0.0556. The number of thioether (sulfide) groups is 1. The van der Waals surface area contributed by atoms with E-state index in [4.69, 9.17) is 4.74 Å². The number of esters is 1. The van der Waals surface area contributed by atoms with E-state index < -0.39 is 11.9 Å². The quantitative estimate of drug-likeness (QED) is 0.526. The van der Waals surface area contributed by atoms with Gasteiger partial charge in [-0.15, -0.1) is 0 Å². The lowest BCUT2D eigenvalue weighted by molar-refractivity contribution is -0.115. The van der Waals surface area contributed by atoms with Crippen LogP contribution in [-0.4, -0.2) is 17.1 Å². The van der Waals surface area contributed by atoms with Gasteiger partial charge in [0.05, 0.1) is 10.5 Å². The van der Waals surface area contributed by atoms with E-state index in [1.54, 1.807) is 48.5 Å². The van der Waals surface area contributed by atoms with Gasteiger partial charge in [0.2, 0.25) is 0 Å². The van der Waals surface area contributed by atoms with Gasteiger partial charge in [0.25, 0.3) is 11.1 Å². The molecular weight excluding hydrogens is 326 g/mol. The second-order valence-corrected chi connectivity index (χ2v) is 6.20. The van der Waals surface area contributed by atoms with E-state index in [0.717, 1.165) is 22.9 Å². The van der Waals surface area contributed by atoms with E-state index in [9.17, 15) is 14.4 Å². The molecule has 1 saturated heterocycles. The molecule has 1 aliphatic heterocycles. The van der Waals surface area contributed by atoms with Crippen molar-refractivity contribution in [3.8, 4) is 5.75 Å². The first-order valence-corrected chi connectivity index (χ1v) is 7.97. The number of aryl methyl sites for hydroxylation is 1. The van der Waals surface area contributed by atoms with Crippen molar-refractivity contribution in [2.45, 2.75) is 6.92 Å². The predicted octanol–water partition coefficient (Wildman–Crippen LogP) is 3.54. The SMILES string of the molecule is Cc1cccc(C(=O)Oc2ccc(C=C3SC(=O)NC3=O)cc2)c1. The summed E-state index contributed by atoms with van der Waals surface area (Å²) in [6.45, 7) is 1.90. The van der Waals surface area contributed by atoms with Crippen LogP contribution in [0.25, 0.3) is 6.08 Å². The van der Waals surface area contributed by atoms with Crippen LogP contribution in [0.15, 0.2) is 53.4 Å².